The minimum Gasteiger partial charge on any atom is -0.481 e. The van der Waals surface area contributed by atoms with Gasteiger partial charge in [-0.2, -0.15) is 0 Å². The number of carbonyl (C=O) groups excluding carboxylic acids is 1. The van der Waals surface area contributed by atoms with Gasteiger partial charge < -0.3 is 20.1 Å². The zero-order valence-electron chi connectivity index (χ0n) is 14.4. The molecule has 0 spiro atoms. The van der Waals surface area contributed by atoms with Crippen molar-refractivity contribution in [1.82, 2.24) is 9.88 Å². The van der Waals surface area contributed by atoms with Crippen molar-refractivity contribution in [3.8, 4) is 0 Å². The summed E-state index contributed by atoms with van der Waals surface area (Å²) < 4.78 is 0. The van der Waals surface area contributed by atoms with Crippen molar-refractivity contribution in [3.63, 3.8) is 0 Å². The molecule has 1 fully saturated rings. The van der Waals surface area contributed by atoms with Gasteiger partial charge in [0.2, 0.25) is 0 Å². The summed E-state index contributed by atoms with van der Waals surface area (Å²) in [6.45, 7) is 2.02. The lowest BCUT2D eigenvalue weighted by Gasteiger charge is -2.43. The zero-order valence-corrected chi connectivity index (χ0v) is 14.4. The summed E-state index contributed by atoms with van der Waals surface area (Å²) in [5.74, 6) is -1.55. The number of amides is 1. The largest absolute Gasteiger partial charge is 0.481 e. The molecule has 1 saturated heterocycles. The summed E-state index contributed by atoms with van der Waals surface area (Å²) in [5.41, 5.74) is 0.145. The van der Waals surface area contributed by atoms with E-state index in [1.54, 1.807) is 6.07 Å². The van der Waals surface area contributed by atoms with Crippen molar-refractivity contribution in [2.75, 3.05) is 13.1 Å². The van der Waals surface area contributed by atoms with Crippen LogP contribution in [0.15, 0.2) is 10.9 Å². The smallest absolute Gasteiger partial charge is 0.314 e. The van der Waals surface area contributed by atoms with Crippen LogP contribution in [-0.2, 0) is 17.6 Å². The second-order valence-electron chi connectivity index (χ2n) is 7.11. The van der Waals surface area contributed by atoms with Crippen LogP contribution in [0, 0.1) is 5.41 Å². The van der Waals surface area contributed by atoms with Gasteiger partial charge in [-0.15, -0.1) is 0 Å². The van der Waals surface area contributed by atoms with Crippen LogP contribution in [0.5, 0.6) is 0 Å². The predicted octanol–water partition coefficient (Wildman–Crippen LogP) is 0.941. The molecule has 0 bridgehead atoms. The first-order chi connectivity index (χ1) is 11.9. The molecule has 2 atom stereocenters. The molecule has 0 unspecified atom stereocenters. The summed E-state index contributed by atoms with van der Waals surface area (Å²) in [6.07, 6.45) is 2.68. The number of nitrogens with one attached hydrogen (secondary N) is 1. The number of aromatic amines is 1. The quantitative estimate of drug-likeness (QED) is 0.750. The SMILES string of the molecule is CCC[C@@]1(C(=O)O)CN(C(=O)c2cc3c([nH]c2=O)CCC3)CC[C@@H]1O. The Balaban J connectivity index is 1.90. The number of hydrogen-bond donors (Lipinski definition) is 3. The van der Waals surface area contributed by atoms with Gasteiger partial charge >= 0.3 is 5.97 Å². The fourth-order valence-electron chi connectivity index (χ4n) is 4.10. The summed E-state index contributed by atoms with van der Waals surface area (Å²) in [7, 11) is 0. The van der Waals surface area contributed by atoms with Crippen molar-refractivity contribution in [1.29, 1.82) is 0 Å². The van der Waals surface area contributed by atoms with Crippen LogP contribution in [0.4, 0.5) is 0 Å². The Morgan fingerprint density at radius 2 is 2.16 bits per heavy atom. The number of fused-ring (bicyclic) bond motifs is 1. The van der Waals surface area contributed by atoms with Crippen molar-refractivity contribution >= 4 is 11.9 Å². The minimum atomic E-state index is -1.37. The molecule has 136 valence electrons. The molecular weight excluding hydrogens is 324 g/mol. The van der Waals surface area contributed by atoms with Gasteiger partial charge in [-0.25, -0.2) is 0 Å². The van der Waals surface area contributed by atoms with Gasteiger partial charge in [0, 0.05) is 18.8 Å². The third-order valence-corrected chi connectivity index (χ3v) is 5.51. The molecule has 3 N–H and O–H groups in total. The first kappa shape index (κ1) is 17.7. The number of H-pyrrole nitrogens is 1. The molecule has 0 radical (unpaired) electrons. The van der Waals surface area contributed by atoms with Crippen LogP contribution in [0.1, 0.15) is 54.2 Å². The maximum Gasteiger partial charge on any atom is 0.314 e. The van der Waals surface area contributed by atoms with Crippen LogP contribution in [0.25, 0.3) is 0 Å². The van der Waals surface area contributed by atoms with E-state index in [0.29, 0.717) is 6.42 Å². The normalized spacial score (nSPS) is 25.7. The lowest BCUT2D eigenvalue weighted by molar-refractivity contribution is -0.162. The van der Waals surface area contributed by atoms with Gasteiger partial charge in [0.15, 0.2) is 0 Å². The highest BCUT2D eigenvalue weighted by molar-refractivity contribution is 5.94. The third-order valence-electron chi connectivity index (χ3n) is 5.51. The topological polar surface area (TPSA) is 111 Å². The number of aliphatic hydroxyl groups is 1. The van der Waals surface area contributed by atoms with E-state index in [1.165, 1.54) is 4.90 Å². The van der Waals surface area contributed by atoms with Crippen LogP contribution < -0.4 is 5.56 Å². The molecule has 7 heteroatoms. The van der Waals surface area contributed by atoms with Crippen molar-refractivity contribution in [2.45, 2.75) is 51.6 Å². The number of aryl methyl sites for hydroxylation is 2. The van der Waals surface area contributed by atoms with E-state index in [0.717, 1.165) is 30.5 Å². The Kier molecular flexibility index (Phi) is 4.69. The first-order valence-corrected chi connectivity index (χ1v) is 8.85. The Hall–Kier alpha value is -2.15. The highest BCUT2D eigenvalue weighted by atomic mass is 16.4. The predicted molar refractivity (Wildman–Crippen MR) is 90.6 cm³/mol. The van der Waals surface area contributed by atoms with Gasteiger partial charge in [0.1, 0.15) is 11.0 Å². The van der Waals surface area contributed by atoms with Gasteiger partial charge in [0.25, 0.3) is 11.5 Å². The number of aromatic nitrogens is 1. The molecule has 1 aliphatic heterocycles. The Morgan fingerprint density at radius 1 is 1.40 bits per heavy atom. The molecule has 1 aliphatic carbocycles. The standard InChI is InChI=1S/C18H24N2O5/c1-2-7-18(17(24)25)10-20(8-6-14(18)21)16(23)12-9-11-4-3-5-13(11)19-15(12)22/h9,14,21H,2-8,10H2,1H3,(H,19,22)(H,24,25)/t14-,18+/m0/s1. The van der Waals surface area contributed by atoms with Gasteiger partial charge in [-0.3, -0.25) is 14.4 Å². The molecule has 2 aliphatic rings. The number of hydrogen-bond acceptors (Lipinski definition) is 4. The number of rotatable bonds is 4. The van der Waals surface area contributed by atoms with E-state index in [9.17, 15) is 24.6 Å². The second-order valence-corrected chi connectivity index (χ2v) is 7.11. The van der Waals surface area contributed by atoms with E-state index >= 15 is 0 Å². The molecule has 1 aromatic heterocycles. The number of carboxylic acid groups (broad SMARTS) is 1. The Bertz CT molecular complexity index is 756. The maximum atomic E-state index is 12.9. The lowest BCUT2D eigenvalue weighted by Crippen LogP contribution is -2.57. The summed E-state index contributed by atoms with van der Waals surface area (Å²) in [6, 6.07) is 1.65. The number of aliphatic hydroxyl groups excluding tert-OH is 1. The average molecular weight is 348 g/mol. The van der Waals surface area contributed by atoms with Gasteiger partial charge in [-0.1, -0.05) is 13.3 Å². The first-order valence-electron chi connectivity index (χ1n) is 8.85. The van der Waals surface area contributed by atoms with E-state index in [2.05, 4.69) is 4.98 Å². The summed E-state index contributed by atoms with van der Waals surface area (Å²) >= 11 is 0. The van der Waals surface area contributed by atoms with Crippen molar-refractivity contribution in [3.05, 3.63) is 33.2 Å². The van der Waals surface area contributed by atoms with Crippen LogP contribution in [0.2, 0.25) is 0 Å². The van der Waals surface area contributed by atoms with E-state index in [1.807, 2.05) is 6.92 Å². The molecule has 1 amide bonds. The van der Waals surface area contributed by atoms with Crippen LogP contribution in [0.3, 0.4) is 0 Å². The number of pyridine rings is 1. The van der Waals surface area contributed by atoms with E-state index < -0.39 is 29.0 Å². The van der Waals surface area contributed by atoms with Crippen LogP contribution >= 0.6 is 0 Å². The average Bonchev–Trinajstić information content (AvgIpc) is 3.02. The number of aliphatic carboxylic acids is 1. The highest BCUT2D eigenvalue weighted by Crippen LogP contribution is 2.36. The second kappa shape index (κ2) is 6.63. The maximum absolute atomic E-state index is 12.9. The molecule has 2 heterocycles. The molecule has 3 rings (SSSR count). The fourth-order valence-corrected chi connectivity index (χ4v) is 4.10. The minimum absolute atomic E-state index is 0.0628. The Labute approximate surface area is 145 Å². The van der Waals surface area contributed by atoms with Gasteiger partial charge in [-0.05, 0) is 43.7 Å². The zero-order chi connectivity index (χ0) is 18.2. The Morgan fingerprint density at radius 3 is 2.84 bits per heavy atom. The van der Waals surface area contributed by atoms with Crippen molar-refractivity contribution < 1.29 is 19.8 Å². The molecular formula is C18H24N2O5. The molecule has 0 saturated carbocycles. The third kappa shape index (κ3) is 2.97. The summed E-state index contributed by atoms with van der Waals surface area (Å²) in [4.78, 5) is 41.2. The molecule has 25 heavy (non-hydrogen) atoms. The van der Waals surface area contributed by atoms with Crippen molar-refractivity contribution in [2.24, 2.45) is 5.41 Å². The van der Waals surface area contributed by atoms with Gasteiger partial charge in [0.05, 0.1) is 6.10 Å². The highest BCUT2D eigenvalue weighted by Gasteiger charge is 2.49. The summed E-state index contributed by atoms with van der Waals surface area (Å²) in [5, 5.41) is 20.0. The van der Waals surface area contributed by atoms with Crippen LogP contribution in [-0.4, -0.2) is 51.2 Å². The monoisotopic (exact) mass is 348 g/mol. The number of piperidine rings is 1. The van der Waals surface area contributed by atoms with E-state index in [4.69, 9.17) is 0 Å². The van der Waals surface area contributed by atoms with E-state index in [-0.39, 0.29) is 31.5 Å². The number of carbonyl (C=O) groups is 2. The fraction of sp³-hybridized carbons (Fsp3) is 0.611. The molecule has 7 nitrogen and oxygen atoms in total. The number of nitrogens with zero attached hydrogens (tertiary/aromatic N) is 1. The lowest BCUT2D eigenvalue weighted by atomic mass is 9.74. The number of likely N-dealkylation sites (tertiary alicyclic amines) is 1. The number of carboxylic acids is 1. The molecule has 1 aromatic rings. The molecule has 0 aromatic carbocycles.